The number of fused-ring (bicyclic) bond motifs is 2. The Labute approximate surface area is 187 Å². The van der Waals surface area contributed by atoms with Crippen molar-refractivity contribution >= 4 is 27.8 Å². The molecule has 3 N–H and O–H groups in total. The number of aryl methyl sites for hydroxylation is 1. The maximum Gasteiger partial charge on any atom is 0.335 e. The van der Waals surface area contributed by atoms with Gasteiger partial charge in [0.1, 0.15) is 5.75 Å². The van der Waals surface area contributed by atoms with Crippen LogP contribution in [0.5, 0.6) is 5.75 Å². The molecule has 6 heteroatoms. The van der Waals surface area contributed by atoms with E-state index in [1.807, 2.05) is 18.3 Å². The average molecular weight is 432 g/mol. The van der Waals surface area contributed by atoms with Gasteiger partial charge >= 0.3 is 5.97 Å². The molecule has 1 fully saturated rings. The van der Waals surface area contributed by atoms with Crippen LogP contribution in [0.4, 0.5) is 0 Å². The van der Waals surface area contributed by atoms with E-state index in [4.69, 9.17) is 4.74 Å². The minimum Gasteiger partial charge on any atom is -0.497 e. The average Bonchev–Trinajstić information content (AvgIpc) is 3.43. The number of carbonyl (C=O) groups is 1. The second kappa shape index (κ2) is 8.71. The molecule has 0 atom stereocenters. The summed E-state index contributed by atoms with van der Waals surface area (Å²) in [6.07, 6.45) is 8.55. The SMILES string of the molecule is COc1ccc2[nH]cc(C3CCN(CCCc4c[nH]c5ccc(C(=O)O)cc45)CC3)c2c1. The van der Waals surface area contributed by atoms with Gasteiger partial charge in [-0.05, 0) is 98.8 Å². The number of aromatic carboxylic acids is 1. The molecule has 3 heterocycles. The van der Waals surface area contributed by atoms with Gasteiger partial charge in [0.25, 0.3) is 0 Å². The number of aromatic amines is 2. The Balaban J connectivity index is 1.17. The first kappa shape index (κ1) is 20.6. The largest absolute Gasteiger partial charge is 0.497 e. The molecular weight excluding hydrogens is 402 g/mol. The number of rotatable bonds is 7. The van der Waals surface area contributed by atoms with Gasteiger partial charge in [-0.3, -0.25) is 0 Å². The van der Waals surface area contributed by atoms with Gasteiger partial charge in [-0.25, -0.2) is 4.79 Å². The van der Waals surface area contributed by atoms with Crippen molar-refractivity contribution in [2.24, 2.45) is 0 Å². The Morgan fingerprint density at radius 3 is 2.59 bits per heavy atom. The highest BCUT2D eigenvalue weighted by molar-refractivity contribution is 5.94. The topological polar surface area (TPSA) is 81.3 Å². The number of carboxylic acid groups (broad SMARTS) is 1. The summed E-state index contributed by atoms with van der Waals surface area (Å²) in [5.41, 5.74) is 5.13. The molecule has 1 saturated heterocycles. The van der Waals surface area contributed by atoms with Gasteiger partial charge < -0.3 is 24.7 Å². The van der Waals surface area contributed by atoms with Crippen LogP contribution >= 0.6 is 0 Å². The maximum atomic E-state index is 11.3. The molecule has 0 amide bonds. The minimum absolute atomic E-state index is 0.343. The maximum absolute atomic E-state index is 11.3. The van der Waals surface area contributed by atoms with Gasteiger partial charge in [0.15, 0.2) is 0 Å². The number of piperidine rings is 1. The first-order chi connectivity index (χ1) is 15.6. The lowest BCUT2D eigenvalue weighted by molar-refractivity contribution is 0.0697. The van der Waals surface area contributed by atoms with Crippen LogP contribution in [0.3, 0.4) is 0 Å². The van der Waals surface area contributed by atoms with Crippen LogP contribution < -0.4 is 4.74 Å². The molecular formula is C26H29N3O3. The van der Waals surface area contributed by atoms with E-state index in [9.17, 15) is 9.90 Å². The van der Waals surface area contributed by atoms with Crippen molar-refractivity contribution in [1.82, 2.24) is 14.9 Å². The molecule has 0 radical (unpaired) electrons. The number of ether oxygens (including phenoxy) is 1. The molecule has 4 aromatic rings. The van der Waals surface area contributed by atoms with Gasteiger partial charge in [-0.1, -0.05) is 0 Å². The highest BCUT2D eigenvalue weighted by Crippen LogP contribution is 2.34. The number of aromatic nitrogens is 2. The molecule has 6 nitrogen and oxygen atoms in total. The number of likely N-dealkylation sites (tertiary alicyclic amines) is 1. The molecule has 32 heavy (non-hydrogen) atoms. The zero-order valence-corrected chi connectivity index (χ0v) is 18.4. The summed E-state index contributed by atoms with van der Waals surface area (Å²) in [7, 11) is 1.72. The van der Waals surface area contributed by atoms with Gasteiger partial charge in [-0.15, -0.1) is 0 Å². The lowest BCUT2D eigenvalue weighted by Crippen LogP contribution is -2.33. The van der Waals surface area contributed by atoms with Crippen molar-refractivity contribution < 1.29 is 14.6 Å². The van der Waals surface area contributed by atoms with Crippen molar-refractivity contribution in [2.45, 2.75) is 31.6 Å². The van der Waals surface area contributed by atoms with Crippen molar-refractivity contribution in [3.8, 4) is 5.75 Å². The van der Waals surface area contributed by atoms with Crippen LogP contribution in [-0.4, -0.2) is 52.7 Å². The standard InChI is InChI=1S/C26H29N3O3/c1-32-20-5-7-25-22(14-20)23(16-28-25)17-8-11-29(12-9-17)10-2-3-19-15-27-24-6-4-18(26(30)31)13-21(19)24/h4-7,13-17,27-28H,2-3,8-12H2,1H3,(H,30,31). The number of hydrogen-bond acceptors (Lipinski definition) is 3. The van der Waals surface area contributed by atoms with Crippen molar-refractivity contribution in [1.29, 1.82) is 0 Å². The third-order valence-electron chi connectivity index (χ3n) is 6.88. The highest BCUT2D eigenvalue weighted by Gasteiger charge is 2.23. The molecule has 0 unspecified atom stereocenters. The number of benzene rings is 2. The van der Waals surface area contributed by atoms with E-state index in [1.54, 1.807) is 19.2 Å². The number of hydrogen-bond donors (Lipinski definition) is 3. The monoisotopic (exact) mass is 431 g/mol. The summed E-state index contributed by atoms with van der Waals surface area (Å²) in [5.74, 6) is 0.606. The Morgan fingerprint density at radius 1 is 1.06 bits per heavy atom. The molecule has 166 valence electrons. The number of H-pyrrole nitrogens is 2. The summed E-state index contributed by atoms with van der Waals surface area (Å²) in [4.78, 5) is 20.5. The molecule has 0 spiro atoms. The van der Waals surface area contributed by atoms with Crippen LogP contribution in [0.25, 0.3) is 21.8 Å². The molecule has 2 aromatic carbocycles. The summed E-state index contributed by atoms with van der Waals surface area (Å²) in [6.45, 7) is 3.29. The Hall–Kier alpha value is -3.25. The third kappa shape index (κ3) is 3.98. The first-order valence-corrected chi connectivity index (χ1v) is 11.3. The number of methoxy groups -OCH3 is 1. The molecule has 0 aliphatic carbocycles. The van der Waals surface area contributed by atoms with E-state index < -0.39 is 5.97 Å². The summed E-state index contributed by atoms with van der Waals surface area (Å²) in [6, 6.07) is 11.5. The number of nitrogens with one attached hydrogen (secondary N) is 2. The van der Waals surface area contributed by atoms with Crippen molar-refractivity contribution in [3.63, 3.8) is 0 Å². The smallest absolute Gasteiger partial charge is 0.335 e. The van der Waals surface area contributed by atoms with Crippen molar-refractivity contribution in [3.05, 3.63) is 65.5 Å². The predicted molar refractivity (Wildman–Crippen MR) is 127 cm³/mol. The predicted octanol–water partition coefficient (Wildman–Crippen LogP) is 5.17. The molecule has 0 bridgehead atoms. The number of nitrogens with zero attached hydrogens (tertiary/aromatic N) is 1. The lowest BCUT2D eigenvalue weighted by Gasteiger charge is -2.32. The molecule has 0 saturated carbocycles. The second-order valence-corrected chi connectivity index (χ2v) is 8.75. The molecule has 1 aliphatic rings. The van der Waals surface area contributed by atoms with E-state index in [1.165, 1.54) is 34.9 Å². The van der Waals surface area contributed by atoms with E-state index in [2.05, 4.69) is 33.2 Å². The fraction of sp³-hybridized carbons (Fsp3) is 0.346. The van der Waals surface area contributed by atoms with Crippen molar-refractivity contribution in [2.75, 3.05) is 26.7 Å². The van der Waals surface area contributed by atoms with Crippen LogP contribution in [0, 0.1) is 0 Å². The van der Waals surface area contributed by atoms with E-state index >= 15 is 0 Å². The normalized spacial score (nSPS) is 15.5. The molecule has 2 aromatic heterocycles. The van der Waals surface area contributed by atoms with Gasteiger partial charge in [0.2, 0.25) is 0 Å². The van der Waals surface area contributed by atoms with Crippen LogP contribution in [0.1, 0.15) is 46.7 Å². The molecule has 5 rings (SSSR count). The summed E-state index contributed by atoms with van der Waals surface area (Å²) in [5, 5.41) is 11.6. The Kier molecular flexibility index (Phi) is 5.62. The minimum atomic E-state index is -0.879. The van der Waals surface area contributed by atoms with E-state index in [0.29, 0.717) is 11.5 Å². The van der Waals surface area contributed by atoms with E-state index in [-0.39, 0.29) is 0 Å². The van der Waals surface area contributed by atoms with Crippen LogP contribution in [-0.2, 0) is 6.42 Å². The lowest BCUT2D eigenvalue weighted by atomic mass is 9.89. The van der Waals surface area contributed by atoms with Crippen LogP contribution in [0.15, 0.2) is 48.8 Å². The zero-order chi connectivity index (χ0) is 22.1. The summed E-state index contributed by atoms with van der Waals surface area (Å²) < 4.78 is 5.42. The quantitative estimate of drug-likeness (QED) is 0.377. The fourth-order valence-corrected chi connectivity index (χ4v) is 5.07. The zero-order valence-electron chi connectivity index (χ0n) is 18.4. The first-order valence-electron chi connectivity index (χ1n) is 11.3. The second-order valence-electron chi connectivity index (χ2n) is 8.75. The Morgan fingerprint density at radius 2 is 1.81 bits per heavy atom. The van der Waals surface area contributed by atoms with E-state index in [0.717, 1.165) is 49.1 Å². The fourth-order valence-electron chi connectivity index (χ4n) is 5.07. The molecule has 1 aliphatic heterocycles. The number of carboxylic acids is 1. The van der Waals surface area contributed by atoms with Gasteiger partial charge in [0.05, 0.1) is 12.7 Å². The summed E-state index contributed by atoms with van der Waals surface area (Å²) >= 11 is 0. The Bertz CT molecular complexity index is 1250. The van der Waals surface area contributed by atoms with Crippen LogP contribution in [0.2, 0.25) is 0 Å². The van der Waals surface area contributed by atoms with Gasteiger partial charge in [0, 0.05) is 34.2 Å². The third-order valence-corrected chi connectivity index (χ3v) is 6.88. The van der Waals surface area contributed by atoms with Gasteiger partial charge in [-0.2, -0.15) is 0 Å². The highest BCUT2D eigenvalue weighted by atomic mass is 16.5.